The number of cyclic esters (lactones) is 1. The Morgan fingerprint density at radius 2 is 2.08 bits per heavy atom. The second kappa shape index (κ2) is 5.78. The molecule has 0 aromatic heterocycles. The van der Waals surface area contributed by atoms with E-state index in [4.69, 9.17) is 10.00 Å². The molecule has 5 nitrogen and oxygen atoms in total. The molecule has 120 valence electrons. The number of hydrogen-bond acceptors (Lipinski definition) is 4. The number of nitrogens with zero attached hydrogens (tertiary/aromatic N) is 1. The van der Waals surface area contributed by atoms with Gasteiger partial charge in [0.15, 0.2) is 5.60 Å². The summed E-state index contributed by atoms with van der Waals surface area (Å²) < 4.78 is 18.7. The Kier molecular flexibility index (Phi) is 3.78. The Morgan fingerprint density at radius 1 is 1.33 bits per heavy atom. The zero-order valence-electron chi connectivity index (χ0n) is 12.8. The van der Waals surface area contributed by atoms with Crippen LogP contribution < -0.4 is 5.32 Å². The van der Waals surface area contributed by atoms with E-state index < -0.39 is 23.3 Å². The van der Waals surface area contributed by atoms with Gasteiger partial charge in [-0.15, -0.1) is 0 Å². The number of carbonyl (C=O) groups is 2. The van der Waals surface area contributed by atoms with Crippen molar-refractivity contribution in [3.63, 3.8) is 0 Å². The van der Waals surface area contributed by atoms with Crippen molar-refractivity contribution in [1.29, 1.82) is 5.26 Å². The van der Waals surface area contributed by atoms with Crippen LogP contribution in [0.15, 0.2) is 42.5 Å². The minimum absolute atomic E-state index is 0.0480. The summed E-state index contributed by atoms with van der Waals surface area (Å²) in [7, 11) is 0. The molecule has 1 heterocycles. The number of ether oxygens (including phenoxy) is 1. The minimum Gasteiger partial charge on any atom is -0.445 e. The summed E-state index contributed by atoms with van der Waals surface area (Å²) >= 11 is 0. The first-order chi connectivity index (χ1) is 11.4. The number of hydrogen-bond donors (Lipinski definition) is 1. The molecule has 0 saturated heterocycles. The first kappa shape index (κ1) is 15.7. The molecule has 1 N–H and O–H groups in total. The minimum atomic E-state index is -1.49. The monoisotopic (exact) mass is 324 g/mol. The number of carbonyl (C=O) groups excluding carboxylic acids is 2. The third kappa shape index (κ3) is 2.72. The van der Waals surface area contributed by atoms with Crippen LogP contribution in [-0.4, -0.2) is 17.5 Å². The van der Waals surface area contributed by atoms with E-state index >= 15 is 0 Å². The van der Waals surface area contributed by atoms with Crippen molar-refractivity contribution < 1.29 is 18.7 Å². The van der Waals surface area contributed by atoms with Crippen LogP contribution in [0.25, 0.3) is 0 Å². The largest absolute Gasteiger partial charge is 0.445 e. The van der Waals surface area contributed by atoms with Crippen molar-refractivity contribution in [2.45, 2.75) is 18.9 Å². The molecule has 0 bridgehead atoms. The van der Waals surface area contributed by atoms with E-state index in [2.05, 4.69) is 5.32 Å². The van der Waals surface area contributed by atoms with Gasteiger partial charge >= 0.3 is 5.97 Å². The van der Waals surface area contributed by atoms with Crippen molar-refractivity contribution in [2.24, 2.45) is 0 Å². The zero-order valence-corrected chi connectivity index (χ0v) is 12.8. The lowest BCUT2D eigenvalue weighted by molar-refractivity contribution is -0.134. The Bertz CT molecular complexity index is 888. The van der Waals surface area contributed by atoms with Crippen molar-refractivity contribution in [3.05, 3.63) is 65.0 Å². The highest BCUT2D eigenvalue weighted by molar-refractivity contribution is 6.03. The average molecular weight is 324 g/mol. The number of esters is 1. The summed E-state index contributed by atoms with van der Waals surface area (Å²) in [5.41, 5.74) is -0.201. The Hall–Kier alpha value is -3.20. The van der Waals surface area contributed by atoms with Crippen LogP contribution in [0.5, 0.6) is 0 Å². The van der Waals surface area contributed by atoms with E-state index in [9.17, 15) is 14.0 Å². The van der Waals surface area contributed by atoms with E-state index in [1.165, 1.54) is 25.1 Å². The van der Waals surface area contributed by atoms with Crippen LogP contribution in [0, 0.1) is 17.1 Å². The van der Waals surface area contributed by atoms with Gasteiger partial charge in [-0.2, -0.15) is 5.26 Å². The van der Waals surface area contributed by atoms with Gasteiger partial charge in [0.2, 0.25) is 0 Å². The van der Waals surface area contributed by atoms with Gasteiger partial charge < -0.3 is 10.1 Å². The van der Waals surface area contributed by atoms with Crippen LogP contribution in [0.2, 0.25) is 0 Å². The number of fused-ring (bicyclic) bond motifs is 1. The average Bonchev–Trinajstić information content (AvgIpc) is 2.54. The molecule has 0 aliphatic carbocycles. The van der Waals surface area contributed by atoms with Gasteiger partial charge in [0.1, 0.15) is 11.9 Å². The smallest absolute Gasteiger partial charge is 0.339 e. The third-order valence-corrected chi connectivity index (χ3v) is 3.91. The van der Waals surface area contributed by atoms with E-state index in [0.29, 0.717) is 16.8 Å². The molecule has 0 radical (unpaired) electrons. The fourth-order valence-corrected chi connectivity index (χ4v) is 2.64. The number of nitriles is 1. The van der Waals surface area contributed by atoms with E-state index in [0.717, 1.165) is 0 Å². The summed E-state index contributed by atoms with van der Waals surface area (Å²) in [6, 6.07) is 12.2. The molecule has 2 aromatic carbocycles. The van der Waals surface area contributed by atoms with Gasteiger partial charge in [0.25, 0.3) is 5.91 Å². The molecule has 0 fully saturated rings. The number of amides is 1. The summed E-state index contributed by atoms with van der Waals surface area (Å²) in [5.74, 6) is -1.74. The second-order valence-corrected chi connectivity index (χ2v) is 5.71. The highest BCUT2D eigenvalue weighted by Gasteiger charge is 2.43. The van der Waals surface area contributed by atoms with E-state index in [-0.39, 0.29) is 12.0 Å². The molecule has 6 heteroatoms. The summed E-state index contributed by atoms with van der Waals surface area (Å²) in [5, 5.41) is 11.7. The van der Waals surface area contributed by atoms with Crippen LogP contribution in [0.4, 0.5) is 10.1 Å². The van der Waals surface area contributed by atoms with Crippen molar-refractivity contribution in [1.82, 2.24) is 0 Å². The Morgan fingerprint density at radius 3 is 2.83 bits per heavy atom. The van der Waals surface area contributed by atoms with Gasteiger partial charge in [-0.3, -0.25) is 4.79 Å². The molecule has 1 amide bonds. The number of nitrogens with one attached hydrogen (secondary N) is 1. The molecule has 1 aliphatic rings. The lowest BCUT2D eigenvalue weighted by Crippen LogP contribution is -2.49. The highest BCUT2D eigenvalue weighted by atomic mass is 19.1. The molecule has 3 rings (SSSR count). The maximum Gasteiger partial charge on any atom is 0.339 e. The van der Waals surface area contributed by atoms with Gasteiger partial charge in [-0.25, -0.2) is 9.18 Å². The maximum atomic E-state index is 13.4. The fraction of sp³-hybridized carbons (Fsp3) is 0.167. The van der Waals surface area contributed by atoms with Gasteiger partial charge in [0, 0.05) is 6.42 Å². The molecule has 1 aliphatic heterocycles. The van der Waals surface area contributed by atoms with Crippen molar-refractivity contribution in [2.75, 3.05) is 5.32 Å². The SMILES string of the molecule is CC1(C(=O)Nc2ccccc2C#N)Cc2cc(F)ccc2C(=O)O1. The summed E-state index contributed by atoms with van der Waals surface area (Å²) in [4.78, 5) is 24.7. The molecule has 24 heavy (non-hydrogen) atoms. The molecular weight excluding hydrogens is 311 g/mol. The first-order valence-electron chi connectivity index (χ1n) is 7.25. The predicted octanol–water partition coefficient (Wildman–Crippen LogP) is 2.81. The van der Waals surface area contributed by atoms with Crippen molar-refractivity contribution in [3.8, 4) is 6.07 Å². The second-order valence-electron chi connectivity index (χ2n) is 5.71. The Balaban J connectivity index is 1.90. The standard InChI is InChI=1S/C18H13FN2O3/c1-18(17(23)21-15-5-3-2-4-11(15)10-20)9-12-8-13(19)6-7-14(12)16(22)24-18/h2-8H,9H2,1H3,(H,21,23). The molecular formula is C18H13FN2O3. The van der Waals surface area contributed by atoms with Crippen LogP contribution >= 0.6 is 0 Å². The van der Waals surface area contributed by atoms with E-state index in [1.807, 2.05) is 6.07 Å². The quantitative estimate of drug-likeness (QED) is 0.862. The number of halogens is 1. The third-order valence-electron chi connectivity index (χ3n) is 3.91. The van der Waals surface area contributed by atoms with Gasteiger partial charge in [-0.05, 0) is 42.8 Å². The number of anilines is 1. The normalized spacial score (nSPS) is 19.0. The van der Waals surface area contributed by atoms with Crippen LogP contribution in [-0.2, 0) is 16.0 Å². The van der Waals surface area contributed by atoms with Crippen LogP contribution in [0.1, 0.15) is 28.4 Å². The van der Waals surface area contributed by atoms with Gasteiger partial charge in [-0.1, -0.05) is 12.1 Å². The summed E-state index contributed by atoms with van der Waals surface area (Å²) in [6.07, 6.45) is 0.0480. The maximum absolute atomic E-state index is 13.4. The molecule has 1 atom stereocenters. The van der Waals surface area contributed by atoms with E-state index in [1.54, 1.807) is 24.3 Å². The fourth-order valence-electron chi connectivity index (χ4n) is 2.64. The first-order valence-corrected chi connectivity index (χ1v) is 7.25. The highest BCUT2D eigenvalue weighted by Crippen LogP contribution is 2.30. The molecule has 0 saturated carbocycles. The van der Waals surface area contributed by atoms with Gasteiger partial charge in [0.05, 0.1) is 16.8 Å². The topological polar surface area (TPSA) is 79.2 Å². The molecule has 0 spiro atoms. The Labute approximate surface area is 137 Å². The van der Waals surface area contributed by atoms with Crippen LogP contribution in [0.3, 0.4) is 0 Å². The molecule has 2 aromatic rings. The predicted molar refractivity (Wildman–Crippen MR) is 83.7 cm³/mol. The summed E-state index contributed by atoms with van der Waals surface area (Å²) in [6.45, 7) is 1.46. The van der Waals surface area contributed by atoms with Crippen molar-refractivity contribution >= 4 is 17.6 Å². The number of para-hydroxylation sites is 1. The zero-order chi connectivity index (χ0) is 17.3. The lowest BCUT2D eigenvalue weighted by Gasteiger charge is -2.33. The number of benzene rings is 2. The number of rotatable bonds is 2. The lowest BCUT2D eigenvalue weighted by atomic mass is 9.89. The molecule has 1 unspecified atom stereocenters.